The number of methoxy groups -OCH3 is 1. The average Bonchev–Trinajstić information content (AvgIpc) is 2.43. The predicted octanol–water partition coefficient (Wildman–Crippen LogP) is 0.497. The molecule has 20 heavy (non-hydrogen) atoms. The minimum atomic E-state index is -0.479. The maximum Gasteiger partial charge on any atom is 0.321 e. The Kier molecular flexibility index (Phi) is 10.3. The van der Waals surface area contributed by atoms with Gasteiger partial charge in [-0.25, -0.2) is 4.79 Å². The highest BCUT2D eigenvalue weighted by molar-refractivity contribution is 5.95. The van der Waals surface area contributed by atoms with E-state index < -0.39 is 6.03 Å². The summed E-state index contributed by atoms with van der Waals surface area (Å²) >= 11 is 0. The van der Waals surface area contributed by atoms with Crippen LogP contribution >= 0.6 is 0 Å². The number of hydrogen-bond donors (Lipinski definition) is 2. The van der Waals surface area contributed by atoms with Crippen molar-refractivity contribution in [2.45, 2.75) is 33.1 Å². The third-order valence-corrected chi connectivity index (χ3v) is 2.74. The van der Waals surface area contributed by atoms with E-state index in [9.17, 15) is 14.4 Å². The second-order valence-electron chi connectivity index (χ2n) is 4.35. The zero-order valence-corrected chi connectivity index (χ0v) is 12.5. The summed E-state index contributed by atoms with van der Waals surface area (Å²) in [6, 6.07) is -0.479. The molecule has 0 spiro atoms. The van der Waals surface area contributed by atoms with Gasteiger partial charge in [0.15, 0.2) is 0 Å². The highest BCUT2D eigenvalue weighted by Gasteiger charge is 2.13. The maximum absolute atomic E-state index is 11.6. The van der Waals surface area contributed by atoms with Gasteiger partial charge in [0.2, 0.25) is 5.91 Å². The van der Waals surface area contributed by atoms with Gasteiger partial charge in [-0.3, -0.25) is 19.8 Å². The molecule has 3 amide bonds. The highest BCUT2D eigenvalue weighted by Crippen LogP contribution is 1.93. The number of hydrogen-bond acceptors (Lipinski definition) is 5. The van der Waals surface area contributed by atoms with Crippen LogP contribution in [0, 0.1) is 0 Å². The van der Waals surface area contributed by atoms with E-state index in [-0.39, 0.29) is 24.8 Å². The molecule has 0 fully saturated rings. The normalized spacial score (nSPS) is 10.2. The Morgan fingerprint density at radius 2 is 1.90 bits per heavy atom. The van der Waals surface area contributed by atoms with Crippen LogP contribution < -0.4 is 10.6 Å². The molecule has 0 saturated heterocycles. The average molecular weight is 287 g/mol. The Bertz CT molecular complexity index is 321. The van der Waals surface area contributed by atoms with Crippen molar-refractivity contribution < 1.29 is 19.1 Å². The summed E-state index contributed by atoms with van der Waals surface area (Å²) in [5, 5.41) is 4.86. The van der Waals surface area contributed by atoms with Gasteiger partial charge in [-0.1, -0.05) is 20.3 Å². The van der Waals surface area contributed by atoms with E-state index in [0.717, 1.165) is 12.8 Å². The molecule has 0 aromatic rings. The summed E-state index contributed by atoms with van der Waals surface area (Å²) in [5.74, 6) is -0.702. The molecule has 0 bridgehead atoms. The van der Waals surface area contributed by atoms with Crippen LogP contribution in [-0.2, 0) is 14.3 Å². The second kappa shape index (κ2) is 11.2. The van der Waals surface area contributed by atoms with Crippen molar-refractivity contribution in [2.24, 2.45) is 0 Å². The summed E-state index contributed by atoms with van der Waals surface area (Å²) in [7, 11) is 1.33. The molecule has 0 aromatic carbocycles. The van der Waals surface area contributed by atoms with Crippen LogP contribution in [0.2, 0.25) is 0 Å². The van der Waals surface area contributed by atoms with Gasteiger partial charge < -0.3 is 10.1 Å². The molecular formula is C13H25N3O4. The maximum atomic E-state index is 11.6. The molecule has 2 N–H and O–H groups in total. The number of esters is 1. The quantitative estimate of drug-likeness (QED) is 0.476. The van der Waals surface area contributed by atoms with Gasteiger partial charge in [0.25, 0.3) is 0 Å². The fraction of sp³-hybridized carbons (Fsp3) is 0.769. The van der Waals surface area contributed by atoms with Crippen LogP contribution in [0.3, 0.4) is 0 Å². The van der Waals surface area contributed by atoms with Crippen molar-refractivity contribution in [1.82, 2.24) is 15.5 Å². The van der Waals surface area contributed by atoms with Crippen molar-refractivity contribution in [2.75, 3.05) is 33.3 Å². The van der Waals surface area contributed by atoms with E-state index in [1.165, 1.54) is 7.11 Å². The zero-order chi connectivity index (χ0) is 15.4. The first kappa shape index (κ1) is 18.4. The number of carbonyl (C=O) groups excluding carboxylic acids is 3. The number of nitrogens with one attached hydrogen (secondary N) is 2. The van der Waals surface area contributed by atoms with E-state index in [4.69, 9.17) is 0 Å². The van der Waals surface area contributed by atoms with Crippen LogP contribution in [0.15, 0.2) is 0 Å². The Hall–Kier alpha value is -1.63. The van der Waals surface area contributed by atoms with E-state index in [0.29, 0.717) is 19.6 Å². The van der Waals surface area contributed by atoms with Crippen LogP contribution in [0.4, 0.5) is 4.79 Å². The van der Waals surface area contributed by atoms with Gasteiger partial charge in [0, 0.05) is 13.1 Å². The van der Waals surface area contributed by atoms with Gasteiger partial charge in [-0.05, 0) is 13.0 Å². The molecule has 0 aliphatic heterocycles. The van der Waals surface area contributed by atoms with E-state index in [1.807, 2.05) is 13.8 Å². The van der Waals surface area contributed by atoms with Gasteiger partial charge in [0.1, 0.15) is 0 Å². The predicted molar refractivity (Wildman–Crippen MR) is 75.2 cm³/mol. The van der Waals surface area contributed by atoms with Crippen molar-refractivity contribution in [3.8, 4) is 0 Å². The van der Waals surface area contributed by atoms with Crippen LogP contribution in [-0.4, -0.2) is 56.1 Å². The fourth-order valence-electron chi connectivity index (χ4n) is 1.49. The molecule has 0 saturated carbocycles. The Morgan fingerprint density at radius 1 is 1.20 bits per heavy atom. The van der Waals surface area contributed by atoms with E-state index in [2.05, 4.69) is 15.4 Å². The summed E-state index contributed by atoms with van der Waals surface area (Å²) in [5.41, 5.74) is 0. The lowest BCUT2D eigenvalue weighted by atomic mass is 10.3. The first-order chi connectivity index (χ1) is 9.53. The molecule has 0 radical (unpaired) electrons. The third-order valence-electron chi connectivity index (χ3n) is 2.74. The van der Waals surface area contributed by atoms with Gasteiger partial charge in [-0.2, -0.15) is 0 Å². The minimum Gasteiger partial charge on any atom is -0.469 e. The number of imide groups is 1. The van der Waals surface area contributed by atoms with Crippen LogP contribution in [0.25, 0.3) is 0 Å². The molecule has 0 unspecified atom stereocenters. The topological polar surface area (TPSA) is 87.7 Å². The molecule has 7 nitrogen and oxygen atoms in total. The Morgan fingerprint density at radius 3 is 2.45 bits per heavy atom. The number of likely N-dealkylation sites (N-methyl/N-ethyl adjacent to an activating group) is 1. The lowest BCUT2D eigenvalue weighted by molar-refractivity contribution is -0.141. The van der Waals surface area contributed by atoms with Crippen LogP contribution in [0.5, 0.6) is 0 Å². The number of rotatable bonds is 9. The standard InChI is InChI=1S/C13H25N3O4/c1-4-6-8-14-13(19)15-11(17)10-16(5-2)9-7-12(18)20-3/h4-10H2,1-3H3,(H2,14,15,17,19). The Balaban J connectivity index is 3.96. The van der Waals surface area contributed by atoms with Crippen molar-refractivity contribution in [3.05, 3.63) is 0 Å². The lowest BCUT2D eigenvalue weighted by Crippen LogP contribution is -2.45. The first-order valence-corrected chi connectivity index (χ1v) is 6.90. The molecule has 0 aliphatic rings. The number of urea groups is 1. The van der Waals surface area contributed by atoms with E-state index in [1.54, 1.807) is 4.90 Å². The number of amides is 3. The lowest BCUT2D eigenvalue weighted by Gasteiger charge is -2.18. The number of nitrogens with zero attached hydrogens (tertiary/aromatic N) is 1. The summed E-state index contributed by atoms with van der Waals surface area (Å²) in [4.78, 5) is 35.8. The largest absolute Gasteiger partial charge is 0.469 e. The van der Waals surface area contributed by atoms with Gasteiger partial charge >= 0.3 is 12.0 Å². The SMILES string of the molecule is CCCCNC(=O)NC(=O)CN(CC)CCC(=O)OC. The van der Waals surface area contributed by atoms with Crippen LogP contribution in [0.1, 0.15) is 33.1 Å². The fourth-order valence-corrected chi connectivity index (χ4v) is 1.49. The summed E-state index contributed by atoms with van der Waals surface area (Å²) in [6.07, 6.45) is 2.08. The third kappa shape index (κ3) is 9.32. The number of unbranched alkanes of at least 4 members (excludes halogenated alkanes) is 1. The number of carbonyl (C=O) groups is 3. The molecular weight excluding hydrogens is 262 g/mol. The molecule has 7 heteroatoms. The van der Waals surface area contributed by atoms with Crippen molar-refractivity contribution in [3.63, 3.8) is 0 Å². The molecule has 0 heterocycles. The van der Waals surface area contributed by atoms with E-state index >= 15 is 0 Å². The first-order valence-electron chi connectivity index (χ1n) is 6.90. The summed E-state index contributed by atoms with van der Waals surface area (Å²) < 4.78 is 4.54. The molecule has 0 aromatic heterocycles. The monoisotopic (exact) mass is 287 g/mol. The van der Waals surface area contributed by atoms with Crippen molar-refractivity contribution in [1.29, 1.82) is 0 Å². The van der Waals surface area contributed by atoms with Gasteiger partial charge in [-0.15, -0.1) is 0 Å². The minimum absolute atomic E-state index is 0.0781. The molecule has 0 rings (SSSR count). The molecule has 0 aliphatic carbocycles. The highest BCUT2D eigenvalue weighted by atomic mass is 16.5. The Labute approximate surface area is 120 Å². The van der Waals surface area contributed by atoms with Crippen molar-refractivity contribution >= 4 is 17.9 Å². The summed E-state index contributed by atoms with van der Waals surface area (Å²) in [6.45, 7) is 5.57. The smallest absolute Gasteiger partial charge is 0.321 e. The van der Waals surface area contributed by atoms with Gasteiger partial charge in [0.05, 0.1) is 20.1 Å². The number of ether oxygens (including phenoxy) is 1. The molecule has 116 valence electrons. The zero-order valence-electron chi connectivity index (χ0n) is 12.5. The molecule has 0 atom stereocenters. The second-order valence-corrected chi connectivity index (χ2v) is 4.35.